The highest BCUT2D eigenvalue weighted by Gasteiger charge is 2.27. The molecule has 11 heteroatoms. The SMILES string of the molecule is COc1ccc(C=NNc2nc(-c3ccccc3)cs2)cc1COc1c(F)c(F)c(F)c(F)c1F. The summed E-state index contributed by atoms with van der Waals surface area (Å²) >= 11 is 1.37. The first-order valence-corrected chi connectivity index (χ1v) is 10.9. The van der Waals surface area contributed by atoms with E-state index in [1.165, 1.54) is 30.7 Å². The fraction of sp³-hybridized carbons (Fsp3) is 0.0833. The Bertz CT molecular complexity index is 1350. The standard InChI is InChI=1S/C24H16F5N3O2S/c1-33-17-8-7-13(10-30-32-24-31-16(12-35-24)14-5-3-2-4-6-14)9-15(17)11-34-23-21(28)19(26)18(25)20(27)22(23)29/h2-10,12H,11H2,1H3,(H,31,32). The molecule has 35 heavy (non-hydrogen) atoms. The van der Waals surface area contributed by atoms with Crippen LogP contribution in [0.4, 0.5) is 27.1 Å². The molecule has 0 aliphatic rings. The van der Waals surface area contributed by atoms with Crippen LogP contribution in [0.1, 0.15) is 11.1 Å². The monoisotopic (exact) mass is 505 g/mol. The lowest BCUT2D eigenvalue weighted by molar-refractivity contribution is 0.249. The molecule has 0 aliphatic heterocycles. The van der Waals surface area contributed by atoms with Crippen LogP contribution in [0.2, 0.25) is 0 Å². The van der Waals surface area contributed by atoms with E-state index < -0.39 is 41.4 Å². The molecule has 0 spiro atoms. The molecule has 1 heterocycles. The van der Waals surface area contributed by atoms with Crippen molar-refractivity contribution in [3.8, 4) is 22.8 Å². The number of rotatable bonds is 8. The topological polar surface area (TPSA) is 55.7 Å². The Morgan fingerprint density at radius 1 is 0.943 bits per heavy atom. The summed E-state index contributed by atoms with van der Waals surface area (Å²) in [5.41, 5.74) is 5.42. The number of thiazole rings is 1. The highest BCUT2D eigenvalue weighted by atomic mass is 32.1. The predicted molar refractivity (Wildman–Crippen MR) is 122 cm³/mol. The van der Waals surface area contributed by atoms with Crippen LogP contribution in [0.5, 0.6) is 11.5 Å². The number of aromatic nitrogens is 1. The molecule has 180 valence electrons. The van der Waals surface area contributed by atoms with Gasteiger partial charge in [0.25, 0.3) is 0 Å². The van der Waals surface area contributed by atoms with E-state index in [9.17, 15) is 22.0 Å². The van der Waals surface area contributed by atoms with Crippen molar-refractivity contribution in [2.24, 2.45) is 5.10 Å². The summed E-state index contributed by atoms with van der Waals surface area (Å²) in [4.78, 5) is 4.45. The third-order valence-corrected chi connectivity index (χ3v) is 5.54. The van der Waals surface area contributed by atoms with Gasteiger partial charge in [0.2, 0.25) is 34.2 Å². The molecule has 4 rings (SSSR count). The third kappa shape index (κ3) is 5.24. The minimum Gasteiger partial charge on any atom is -0.496 e. The molecule has 3 aromatic carbocycles. The molecule has 5 nitrogen and oxygen atoms in total. The first-order chi connectivity index (χ1) is 16.9. The zero-order valence-corrected chi connectivity index (χ0v) is 18.8. The Kier molecular flexibility index (Phi) is 7.25. The van der Waals surface area contributed by atoms with Crippen LogP contribution in [0.15, 0.2) is 59.0 Å². The van der Waals surface area contributed by atoms with Crippen molar-refractivity contribution >= 4 is 22.7 Å². The van der Waals surface area contributed by atoms with Crippen LogP contribution in [0.3, 0.4) is 0 Å². The fourth-order valence-corrected chi connectivity index (χ4v) is 3.75. The van der Waals surface area contributed by atoms with E-state index in [-0.39, 0.29) is 5.75 Å². The van der Waals surface area contributed by atoms with Crippen LogP contribution >= 0.6 is 11.3 Å². The number of benzene rings is 3. The van der Waals surface area contributed by atoms with E-state index in [1.54, 1.807) is 12.1 Å². The second kappa shape index (κ2) is 10.5. The van der Waals surface area contributed by atoms with Crippen molar-refractivity contribution in [3.63, 3.8) is 0 Å². The minimum absolute atomic E-state index is 0.284. The van der Waals surface area contributed by atoms with Gasteiger partial charge in [-0.2, -0.15) is 13.9 Å². The Labute approximate surface area is 200 Å². The highest BCUT2D eigenvalue weighted by molar-refractivity contribution is 7.14. The van der Waals surface area contributed by atoms with E-state index >= 15 is 0 Å². The van der Waals surface area contributed by atoms with Gasteiger partial charge in [-0.25, -0.2) is 18.2 Å². The summed E-state index contributed by atoms with van der Waals surface area (Å²) in [6, 6.07) is 14.4. The van der Waals surface area contributed by atoms with E-state index in [4.69, 9.17) is 9.47 Å². The Hall–Kier alpha value is -3.99. The van der Waals surface area contributed by atoms with Gasteiger partial charge in [-0.15, -0.1) is 11.3 Å². The molecule has 0 amide bonds. The van der Waals surface area contributed by atoms with Crippen molar-refractivity contribution < 1.29 is 31.4 Å². The summed E-state index contributed by atoms with van der Waals surface area (Å²) in [7, 11) is 1.36. The Morgan fingerprint density at radius 3 is 2.31 bits per heavy atom. The Balaban J connectivity index is 1.48. The number of anilines is 1. The first kappa shape index (κ1) is 24.1. The lowest BCUT2D eigenvalue weighted by Crippen LogP contribution is -2.08. The number of methoxy groups -OCH3 is 1. The molecular formula is C24H16F5N3O2S. The van der Waals surface area contributed by atoms with Gasteiger partial charge in [0.15, 0.2) is 5.75 Å². The number of nitrogens with one attached hydrogen (secondary N) is 1. The maximum atomic E-state index is 13.9. The first-order valence-electron chi connectivity index (χ1n) is 10.00. The number of hydrogen-bond donors (Lipinski definition) is 1. The van der Waals surface area contributed by atoms with Gasteiger partial charge < -0.3 is 9.47 Å². The summed E-state index contributed by atoms with van der Waals surface area (Å²) < 4.78 is 78.0. The van der Waals surface area contributed by atoms with Gasteiger partial charge in [0, 0.05) is 16.5 Å². The predicted octanol–water partition coefficient (Wildman–Crippen LogP) is 6.54. The average Bonchev–Trinajstić information content (AvgIpc) is 3.36. The van der Waals surface area contributed by atoms with Crippen molar-refractivity contribution in [1.82, 2.24) is 4.98 Å². The molecule has 4 aromatic rings. The third-order valence-electron chi connectivity index (χ3n) is 4.79. The molecule has 0 radical (unpaired) electrons. The van der Waals surface area contributed by atoms with Gasteiger partial charge in [0.1, 0.15) is 12.4 Å². The molecule has 0 bridgehead atoms. The maximum Gasteiger partial charge on any atom is 0.207 e. The fourth-order valence-electron chi connectivity index (χ4n) is 3.08. The lowest BCUT2D eigenvalue weighted by atomic mass is 10.1. The van der Waals surface area contributed by atoms with Crippen molar-refractivity contribution in [2.75, 3.05) is 12.5 Å². The Morgan fingerprint density at radius 2 is 1.63 bits per heavy atom. The minimum atomic E-state index is -2.26. The average molecular weight is 505 g/mol. The van der Waals surface area contributed by atoms with E-state index in [1.807, 2.05) is 35.7 Å². The molecule has 0 saturated heterocycles. The van der Waals surface area contributed by atoms with Crippen LogP contribution in [0, 0.1) is 29.1 Å². The van der Waals surface area contributed by atoms with E-state index in [0.29, 0.717) is 16.3 Å². The molecule has 0 atom stereocenters. The van der Waals surface area contributed by atoms with E-state index in [0.717, 1.165) is 11.3 Å². The van der Waals surface area contributed by atoms with Crippen molar-refractivity contribution in [3.05, 3.63) is 94.1 Å². The number of halogens is 5. The van der Waals surface area contributed by atoms with Crippen molar-refractivity contribution in [1.29, 1.82) is 0 Å². The molecule has 1 aromatic heterocycles. The highest BCUT2D eigenvalue weighted by Crippen LogP contribution is 2.31. The summed E-state index contributed by atoms with van der Waals surface area (Å²) in [5.74, 6) is -11.6. The number of ether oxygens (including phenoxy) is 2. The smallest absolute Gasteiger partial charge is 0.207 e. The largest absolute Gasteiger partial charge is 0.496 e. The molecule has 0 fully saturated rings. The molecule has 0 saturated carbocycles. The normalized spacial score (nSPS) is 11.1. The van der Waals surface area contributed by atoms with Gasteiger partial charge >= 0.3 is 0 Å². The second-order valence-corrected chi connectivity index (χ2v) is 7.89. The zero-order valence-electron chi connectivity index (χ0n) is 18.0. The van der Waals surface area contributed by atoms with Crippen LogP contribution in [-0.4, -0.2) is 18.3 Å². The maximum absolute atomic E-state index is 13.9. The zero-order chi connectivity index (χ0) is 24.9. The van der Waals surface area contributed by atoms with Gasteiger partial charge in [0.05, 0.1) is 19.0 Å². The number of hydrazone groups is 1. The number of hydrogen-bond acceptors (Lipinski definition) is 6. The molecular weight excluding hydrogens is 489 g/mol. The summed E-state index contributed by atoms with van der Waals surface area (Å²) in [6.07, 6.45) is 1.46. The van der Waals surface area contributed by atoms with Gasteiger partial charge in [-0.1, -0.05) is 30.3 Å². The van der Waals surface area contributed by atoms with Crippen LogP contribution in [-0.2, 0) is 6.61 Å². The second-order valence-electron chi connectivity index (χ2n) is 7.03. The quantitative estimate of drug-likeness (QED) is 0.0972. The van der Waals surface area contributed by atoms with Gasteiger partial charge in [-0.3, -0.25) is 5.43 Å². The lowest BCUT2D eigenvalue weighted by Gasteiger charge is -2.13. The molecule has 0 unspecified atom stereocenters. The van der Waals surface area contributed by atoms with Crippen LogP contribution in [0.25, 0.3) is 11.3 Å². The summed E-state index contributed by atoms with van der Waals surface area (Å²) in [6.45, 7) is -0.524. The molecule has 0 aliphatic carbocycles. The summed E-state index contributed by atoms with van der Waals surface area (Å²) in [5, 5.41) is 6.57. The molecule has 1 N–H and O–H groups in total. The van der Waals surface area contributed by atoms with Gasteiger partial charge in [-0.05, 0) is 23.8 Å². The number of nitrogens with zero attached hydrogens (tertiary/aromatic N) is 2. The van der Waals surface area contributed by atoms with Crippen LogP contribution < -0.4 is 14.9 Å². The van der Waals surface area contributed by atoms with E-state index in [2.05, 4.69) is 15.5 Å². The van der Waals surface area contributed by atoms with Crippen molar-refractivity contribution in [2.45, 2.75) is 6.61 Å².